The molecule has 28 heavy (non-hydrogen) atoms. The number of aryl methyl sites for hydroxylation is 1. The predicted molar refractivity (Wildman–Crippen MR) is 110 cm³/mol. The van der Waals surface area contributed by atoms with Crippen LogP contribution in [-0.2, 0) is 11.3 Å². The number of aromatic nitrogens is 2. The van der Waals surface area contributed by atoms with Crippen LogP contribution in [0.1, 0.15) is 50.0 Å². The first-order valence-corrected chi connectivity index (χ1v) is 10.8. The molecular weight excluding hydrogens is 348 g/mol. The minimum absolute atomic E-state index is 0.130. The Bertz CT molecular complexity index is 896. The van der Waals surface area contributed by atoms with E-state index in [9.17, 15) is 4.79 Å². The van der Waals surface area contributed by atoms with E-state index in [2.05, 4.69) is 9.55 Å². The Hall–Kier alpha value is -1.94. The third-order valence-electron chi connectivity index (χ3n) is 7.40. The van der Waals surface area contributed by atoms with Gasteiger partial charge in [-0.3, -0.25) is 4.79 Å². The summed E-state index contributed by atoms with van der Waals surface area (Å²) >= 11 is 0. The minimum atomic E-state index is -0.139. The van der Waals surface area contributed by atoms with E-state index in [1.165, 1.54) is 38.5 Å². The van der Waals surface area contributed by atoms with Crippen LogP contribution in [-0.4, -0.2) is 21.8 Å². The molecule has 0 atom stereocenters. The Morgan fingerprint density at radius 1 is 1.04 bits per heavy atom. The van der Waals surface area contributed by atoms with E-state index in [0.717, 1.165) is 41.4 Å². The third-order valence-corrected chi connectivity index (χ3v) is 7.40. The van der Waals surface area contributed by atoms with Crippen molar-refractivity contribution in [1.29, 1.82) is 0 Å². The Kier molecular flexibility index (Phi) is 4.42. The molecule has 4 bridgehead atoms. The highest BCUT2D eigenvalue weighted by Gasteiger charge is 2.51. The molecule has 2 aromatic rings. The Morgan fingerprint density at radius 3 is 2.25 bits per heavy atom. The van der Waals surface area contributed by atoms with Crippen molar-refractivity contribution in [1.82, 2.24) is 9.55 Å². The summed E-state index contributed by atoms with van der Waals surface area (Å²) in [5, 5.41) is 0. The van der Waals surface area contributed by atoms with Gasteiger partial charge in [-0.25, -0.2) is 0 Å². The fourth-order valence-electron chi connectivity index (χ4n) is 6.62. The number of benzene rings is 1. The number of hydrogen-bond donors (Lipinski definition) is 0. The van der Waals surface area contributed by atoms with Gasteiger partial charge >= 0.3 is 0 Å². The molecule has 0 aliphatic heterocycles. The molecule has 4 heteroatoms. The Labute approximate surface area is 167 Å². The van der Waals surface area contributed by atoms with Crippen LogP contribution in [0.4, 0.5) is 0 Å². The van der Waals surface area contributed by atoms with E-state index in [-0.39, 0.29) is 11.2 Å². The maximum Gasteiger partial charge on any atom is 0.281 e. The van der Waals surface area contributed by atoms with Gasteiger partial charge in [-0.15, -0.1) is 0 Å². The first-order valence-electron chi connectivity index (χ1n) is 10.8. The summed E-state index contributed by atoms with van der Waals surface area (Å²) in [6, 6.07) is 9.87. The molecule has 1 aromatic heterocycles. The first kappa shape index (κ1) is 18.1. The lowest BCUT2D eigenvalue weighted by atomic mass is 9.54. The summed E-state index contributed by atoms with van der Waals surface area (Å²) in [4.78, 5) is 16.9. The molecule has 0 spiro atoms. The molecule has 1 aromatic carbocycles. The maximum absolute atomic E-state index is 12.6. The zero-order valence-corrected chi connectivity index (χ0v) is 17.0. The summed E-state index contributed by atoms with van der Waals surface area (Å²) in [6.07, 6.45) is 8.08. The highest BCUT2D eigenvalue weighted by molar-refractivity contribution is 5.64. The molecule has 4 nitrogen and oxygen atoms in total. The highest BCUT2D eigenvalue weighted by Crippen LogP contribution is 2.57. The molecular formula is C24H30N2O2. The quantitative estimate of drug-likeness (QED) is 0.769. The molecule has 0 saturated heterocycles. The molecule has 4 saturated carbocycles. The summed E-state index contributed by atoms with van der Waals surface area (Å²) in [7, 11) is 0. The largest absolute Gasteiger partial charge is 0.373 e. The smallest absolute Gasteiger partial charge is 0.281 e. The zero-order valence-electron chi connectivity index (χ0n) is 17.0. The van der Waals surface area contributed by atoms with Crippen LogP contribution in [0.3, 0.4) is 0 Å². The second-order valence-electron chi connectivity index (χ2n) is 9.39. The summed E-state index contributed by atoms with van der Waals surface area (Å²) < 4.78 is 8.76. The van der Waals surface area contributed by atoms with Crippen molar-refractivity contribution < 1.29 is 4.74 Å². The van der Waals surface area contributed by atoms with E-state index in [0.29, 0.717) is 12.2 Å². The number of nitrogens with zero attached hydrogens (tertiary/aromatic N) is 2. The van der Waals surface area contributed by atoms with Gasteiger partial charge in [-0.05, 0) is 75.7 Å². The van der Waals surface area contributed by atoms with Crippen LogP contribution < -0.4 is 5.56 Å². The minimum Gasteiger partial charge on any atom is -0.373 e. The van der Waals surface area contributed by atoms with Gasteiger partial charge in [0.05, 0.1) is 17.8 Å². The fourth-order valence-corrected chi connectivity index (χ4v) is 6.62. The van der Waals surface area contributed by atoms with Crippen molar-refractivity contribution in [2.45, 2.75) is 64.5 Å². The second kappa shape index (κ2) is 6.84. The first-order chi connectivity index (χ1) is 13.5. The molecule has 4 aliphatic rings. The second-order valence-corrected chi connectivity index (χ2v) is 9.39. The lowest BCUT2D eigenvalue weighted by Gasteiger charge is -2.56. The van der Waals surface area contributed by atoms with E-state index >= 15 is 0 Å². The molecule has 148 valence electrons. The van der Waals surface area contributed by atoms with Crippen molar-refractivity contribution >= 4 is 0 Å². The number of hydrogen-bond acceptors (Lipinski definition) is 3. The molecule has 4 aliphatic carbocycles. The van der Waals surface area contributed by atoms with Gasteiger partial charge in [-0.1, -0.05) is 30.3 Å². The molecule has 0 unspecified atom stereocenters. The Morgan fingerprint density at radius 2 is 1.64 bits per heavy atom. The number of rotatable bonds is 5. The zero-order chi connectivity index (χ0) is 19.3. The van der Waals surface area contributed by atoms with Crippen LogP contribution in [0.15, 0.2) is 35.1 Å². The Balaban J connectivity index is 1.35. The van der Waals surface area contributed by atoms with Gasteiger partial charge in [0.25, 0.3) is 5.56 Å². The molecule has 4 fully saturated rings. The normalized spacial score (nSPS) is 30.7. The standard InChI is InChI=1S/C24H30N2O2/c1-16-22(21-6-4-3-5-7-21)23(27)25-17(2)26(16)8-9-28-24-13-18-10-19(14-24)12-20(11-18)15-24/h3-7,18-20H,8-15H2,1-2H3. The van der Waals surface area contributed by atoms with Gasteiger partial charge in [-0.2, -0.15) is 4.98 Å². The van der Waals surface area contributed by atoms with Crippen molar-refractivity contribution in [3.63, 3.8) is 0 Å². The average molecular weight is 379 g/mol. The molecule has 6 rings (SSSR count). The monoisotopic (exact) mass is 378 g/mol. The summed E-state index contributed by atoms with van der Waals surface area (Å²) in [5.74, 6) is 3.46. The van der Waals surface area contributed by atoms with Crippen molar-refractivity contribution in [3.8, 4) is 11.1 Å². The van der Waals surface area contributed by atoms with Crippen LogP contribution in [0.25, 0.3) is 11.1 Å². The van der Waals surface area contributed by atoms with Crippen molar-refractivity contribution in [2.24, 2.45) is 17.8 Å². The molecule has 0 amide bonds. The van der Waals surface area contributed by atoms with E-state index in [1.807, 2.05) is 44.2 Å². The van der Waals surface area contributed by atoms with Crippen molar-refractivity contribution in [2.75, 3.05) is 6.61 Å². The van der Waals surface area contributed by atoms with Gasteiger partial charge in [0.1, 0.15) is 5.82 Å². The predicted octanol–water partition coefficient (Wildman–Crippen LogP) is 4.51. The van der Waals surface area contributed by atoms with Crippen LogP contribution in [0, 0.1) is 31.6 Å². The lowest BCUT2D eigenvalue weighted by Crippen LogP contribution is -2.52. The van der Waals surface area contributed by atoms with Crippen LogP contribution in [0.5, 0.6) is 0 Å². The third kappa shape index (κ3) is 3.12. The topological polar surface area (TPSA) is 44.1 Å². The van der Waals surface area contributed by atoms with Crippen LogP contribution in [0.2, 0.25) is 0 Å². The van der Waals surface area contributed by atoms with E-state index < -0.39 is 0 Å². The fraction of sp³-hybridized carbons (Fsp3) is 0.583. The van der Waals surface area contributed by atoms with Crippen molar-refractivity contribution in [3.05, 3.63) is 52.2 Å². The SMILES string of the molecule is Cc1nc(=O)c(-c2ccccc2)c(C)n1CCOC12CC3CC(CC(C3)C1)C2. The number of ether oxygens (including phenoxy) is 1. The van der Waals surface area contributed by atoms with Gasteiger partial charge in [0, 0.05) is 12.2 Å². The van der Waals surface area contributed by atoms with Gasteiger partial charge < -0.3 is 9.30 Å². The van der Waals surface area contributed by atoms with E-state index in [1.54, 1.807) is 0 Å². The molecule has 1 heterocycles. The average Bonchev–Trinajstić information content (AvgIpc) is 2.64. The summed E-state index contributed by atoms with van der Waals surface area (Å²) in [5.41, 5.74) is 2.62. The molecule has 0 radical (unpaired) electrons. The maximum atomic E-state index is 12.6. The summed E-state index contributed by atoms with van der Waals surface area (Å²) in [6.45, 7) is 5.41. The van der Waals surface area contributed by atoms with Crippen LogP contribution >= 0.6 is 0 Å². The van der Waals surface area contributed by atoms with Gasteiger partial charge in [0.15, 0.2) is 0 Å². The van der Waals surface area contributed by atoms with Gasteiger partial charge in [0.2, 0.25) is 0 Å². The highest BCUT2D eigenvalue weighted by atomic mass is 16.5. The molecule has 0 N–H and O–H groups in total. The van der Waals surface area contributed by atoms with E-state index in [4.69, 9.17) is 4.74 Å². The lowest BCUT2D eigenvalue weighted by molar-refractivity contribution is -0.163.